The van der Waals surface area contributed by atoms with Crippen LogP contribution in [0.3, 0.4) is 0 Å². The SMILES string of the molecule is CCNC(=O)[C@@H](CC)N(CCc1ccccc1)C(=O)CCCN1C(=O)c2ccccc2C1=O. The Labute approximate surface area is 194 Å². The molecule has 0 fully saturated rings. The van der Waals surface area contributed by atoms with Crippen LogP contribution in [0.2, 0.25) is 0 Å². The van der Waals surface area contributed by atoms with Crippen LogP contribution < -0.4 is 5.32 Å². The Balaban J connectivity index is 1.64. The number of likely N-dealkylation sites (N-methyl/N-ethyl adjacent to an activating group) is 1. The van der Waals surface area contributed by atoms with Gasteiger partial charge in [0.25, 0.3) is 11.8 Å². The van der Waals surface area contributed by atoms with E-state index in [1.807, 2.05) is 44.2 Å². The molecule has 0 unspecified atom stereocenters. The van der Waals surface area contributed by atoms with Crippen molar-refractivity contribution in [2.45, 2.75) is 45.6 Å². The monoisotopic (exact) mass is 449 g/mol. The van der Waals surface area contributed by atoms with Crippen molar-refractivity contribution in [3.05, 3.63) is 71.3 Å². The fourth-order valence-corrected chi connectivity index (χ4v) is 4.16. The highest BCUT2D eigenvalue weighted by Gasteiger charge is 2.35. The number of nitrogens with zero attached hydrogens (tertiary/aromatic N) is 2. The van der Waals surface area contributed by atoms with E-state index in [9.17, 15) is 19.2 Å². The van der Waals surface area contributed by atoms with Crippen molar-refractivity contribution in [1.29, 1.82) is 0 Å². The molecule has 1 atom stereocenters. The lowest BCUT2D eigenvalue weighted by molar-refractivity contribution is -0.140. The Kier molecular flexibility index (Phi) is 8.35. The maximum Gasteiger partial charge on any atom is 0.261 e. The van der Waals surface area contributed by atoms with E-state index < -0.39 is 6.04 Å². The molecule has 174 valence electrons. The molecule has 0 aromatic heterocycles. The normalized spacial score (nSPS) is 13.6. The van der Waals surface area contributed by atoms with Gasteiger partial charge in [-0.3, -0.25) is 24.1 Å². The zero-order valence-electron chi connectivity index (χ0n) is 19.3. The first-order valence-electron chi connectivity index (χ1n) is 11.5. The highest BCUT2D eigenvalue weighted by atomic mass is 16.2. The molecule has 0 radical (unpaired) electrons. The van der Waals surface area contributed by atoms with E-state index >= 15 is 0 Å². The molecule has 0 saturated carbocycles. The van der Waals surface area contributed by atoms with Gasteiger partial charge in [-0.1, -0.05) is 49.4 Å². The number of fused-ring (bicyclic) bond motifs is 1. The lowest BCUT2D eigenvalue weighted by Crippen LogP contribution is -2.50. The minimum absolute atomic E-state index is 0.151. The smallest absolute Gasteiger partial charge is 0.261 e. The van der Waals surface area contributed by atoms with Crippen LogP contribution in [-0.4, -0.2) is 59.1 Å². The summed E-state index contributed by atoms with van der Waals surface area (Å²) in [6.45, 7) is 4.83. The molecule has 0 saturated heterocycles. The van der Waals surface area contributed by atoms with E-state index in [4.69, 9.17) is 0 Å². The summed E-state index contributed by atoms with van der Waals surface area (Å²) in [4.78, 5) is 53.7. The van der Waals surface area contributed by atoms with Crippen LogP contribution in [0.15, 0.2) is 54.6 Å². The summed E-state index contributed by atoms with van der Waals surface area (Å²) < 4.78 is 0. The molecule has 0 bridgehead atoms. The standard InChI is InChI=1S/C26H31N3O4/c1-3-22(24(31)27-4-2)28(18-16-19-11-6-5-7-12-19)23(30)15-10-17-29-25(32)20-13-8-9-14-21(20)26(29)33/h5-9,11-14,22H,3-4,10,15-18H2,1-2H3,(H,27,31)/t22-/m1/s1. The van der Waals surface area contributed by atoms with Crippen molar-refractivity contribution in [3.8, 4) is 0 Å². The lowest BCUT2D eigenvalue weighted by Gasteiger charge is -2.30. The fourth-order valence-electron chi connectivity index (χ4n) is 4.16. The second-order valence-electron chi connectivity index (χ2n) is 8.05. The van der Waals surface area contributed by atoms with Crippen molar-refractivity contribution in [1.82, 2.24) is 15.1 Å². The lowest BCUT2D eigenvalue weighted by atomic mass is 10.1. The molecule has 7 heteroatoms. The summed E-state index contributed by atoms with van der Waals surface area (Å²) in [7, 11) is 0. The summed E-state index contributed by atoms with van der Waals surface area (Å²) in [6, 6.07) is 16.0. The van der Waals surface area contributed by atoms with Gasteiger partial charge in [0.05, 0.1) is 11.1 Å². The largest absolute Gasteiger partial charge is 0.355 e. The van der Waals surface area contributed by atoms with Crippen LogP contribution in [0.5, 0.6) is 0 Å². The van der Waals surface area contributed by atoms with Gasteiger partial charge in [0.15, 0.2) is 0 Å². The topological polar surface area (TPSA) is 86.8 Å². The molecule has 33 heavy (non-hydrogen) atoms. The first kappa shape index (κ1) is 24.2. The van der Waals surface area contributed by atoms with Crippen LogP contribution >= 0.6 is 0 Å². The van der Waals surface area contributed by atoms with Crippen molar-refractivity contribution >= 4 is 23.6 Å². The number of rotatable bonds is 11. The third kappa shape index (κ3) is 5.66. The molecule has 2 aromatic carbocycles. The highest BCUT2D eigenvalue weighted by molar-refractivity contribution is 6.21. The third-order valence-corrected chi connectivity index (χ3v) is 5.87. The molecule has 0 spiro atoms. The fraction of sp³-hybridized carbons (Fsp3) is 0.385. The van der Waals surface area contributed by atoms with Gasteiger partial charge in [0.2, 0.25) is 11.8 Å². The zero-order chi connectivity index (χ0) is 23.8. The van der Waals surface area contributed by atoms with Gasteiger partial charge in [-0.2, -0.15) is 0 Å². The van der Waals surface area contributed by atoms with Crippen LogP contribution in [0, 0.1) is 0 Å². The zero-order valence-corrected chi connectivity index (χ0v) is 19.3. The predicted octanol–water partition coefficient (Wildman–Crippen LogP) is 3.05. The number of carbonyl (C=O) groups excluding carboxylic acids is 4. The van der Waals surface area contributed by atoms with E-state index in [2.05, 4.69) is 5.32 Å². The van der Waals surface area contributed by atoms with Gasteiger partial charge in [0, 0.05) is 26.1 Å². The number of hydrogen-bond donors (Lipinski definition) is 1. The second-order valence-corrected chi connectivity index (χ2v) is 8.05. The first-order chi connectivity index (χ1) is 16.0. The van der Waals surface area contributed by atoms with E-state index in [1.54, 1.807) is 29.2 Å². The summed E-state index contributed by atoms with van der Waals surface area (Å²) >= 11 is 0. The van der Waals surface area contributed by atoms with Crippen LogP contribution in [-0.2, 0) is 16.0 Å². The number of carbonyl (C=O) groups is 4. The summed E-state index contributed by atoms with van der Waals surface area (Å²) in [5, 5.41) is 2.82. The van der Waals surface area contributed by atoms with Gasteiger partial charge < -0.3 is 10.2 Å². The summed E-state index contributed by atoms with van der Waals surface area (Å²) in [5.41, 5.74) is 1.90. The molecule has 1 heterocycles. The van der Waals surface area contributed by atoms with Gasteiger partial charge in [-0.15, -0.1) is 0 Å². The van der Waals surface area contributed by atoms with Gasteiger partial charge in [0.1, 0.15) is 6.04 Å². The maximum atomic E-state index is 13.2. The Morgan fingerprint density at radius 2 is 1.55 bits per heavy atom. The Morgan fingerprint density at radius 3 is 2.12 bits per heavy atom. The molecular weight excluding hydrogens is 418 g/mol. The quantitative estimate of drug-likeness (QED) is 0.534. The molecule has 7 nitrogen and oxygen atoms in total. The Morgan fingerprint density at radius 1 is 0.939 bits per heavy atom. The van der Waals surface area contributed by atoms with Gasteiger partial charge in [-0.05, 0) is 43.9 Å². The molecule has 0 aliphatic carbocycles. The van der Waals surface area contributed by atoms with E-state index in [0.717, 1.165) is 5.56 Å². The van der Waals surface area contributed by atoms with Crippen molar-refractivity contribution in [2.24, 2.45) is 0 Å². The average Bonchev–Trinajstić information content (AvgIpc) is 3.07. The Hall–Kier alpha value is -3.48. The van der Waals surface area contributed by atoms with E-state index in [-0.39, 0.29) is 36.6 Å². The maximum absolute atomic E-state index is 13.2. The predicted molar refractivity (Wildman–Crippen MR) is 126 cm³/mol. The summed E-state index contributed by atoms with van der Waals surface area (Å²) in [5.74, 6) is -0.960. The van der Waals surface area contributed by atoms with Crippen molar-refractivity contribution < 1.29 is 19.2 Å². The van der Waals surface area contributed by atoms with Crippen LogP contribution in [0.1, 0.15) is 59.4 Å². The molecule has 4 amide bonds. The van der Waals surface area contributed by atoms with Crippen LogP contribution in [0.4, 0.5) is 0 Å². The highest BCUT2D eigenvalue weighted by Crippen LogP contribution is 2.23. The number of nitrogens with one attached hydrogen (secondary N) is 1. The molecular formula is C26H31N3O4. The molecule has 1 aliphatic rings. The second kappa shape index (κ2) is 11.4. The number of hydrogen-bond acceptors (Lipinski definition) is 4. The minimum Gasteiger partial charge on any atom is -0.355 e. The number of imide groups is 1. The third-order valence-electron chi connectivity index (χ3n) is 5.87. The van der Waals surface area contributed by atoms with Crippen LogP contribution in [0.25, 0.3) is 0 Å². The first-order valence-corrected chi connectivity index (χ1v) is 11.5. The summed E-state index contributed by atoms with van der Waals surface area (Å²) in [6.07, 6.45) is 1.64. The van der Waals surface area contributed by atoms with Gasteiger partial charge in [-0.25, -0.2) is 0 Å². The number of benzene rings is 2. The van der Waals surface area contributed by atoms with E-state index in [1.165, 1.54) is 4.90 Å². The Bertz CT molecular complexity index is 971. The van der Waals surface area contributed by atoms with Crippen molar-refractivity contribution in [2.75, 3.05) is 19.6 Å². The number of amides is 4. The van der Waals surface area contributed by atoms with Crippen molar-refractivity contribution in [3.63, 3.8) is 0 Å². The van der Waals surface area contributed by atoms with E-state index in [0.29, 0.717) is 43.5 Å². The van der Waals surface area contributed by atoms with Gasteiger partial charge >= 0.3 is 0 Å². The molecule has 1 aliphatic heterocycles. The molecule has 3 rings (SSSR count). The molecule has 2 aromatic rings. The molecule has 1 N–H and O–H groups in total. The average molecular weight is 450 g/mol. The minimum atomic E-state index is -0.555.